The first-order valence-corrected chi connectivity index (χ1v) is 18.9. The summed E-state index contributed by atoms with van der Waals surface area (Å²) in [5.41, 5.74) is 0.0664. The molecule has 8 nitrogen and oxygen atoms in total. The number of H-pyrrole nitrogens is 1. The molecular formula is C25H45IN2O6Si2. The fourth-order valence-electron chi connectivity index (χ4n) is 5.91. The summed E-state index contributed by atoms with van der Waals surface area (Å²) in [6.07, 6.45) is 3.42. The van der Waals surface area contributed by atoms with E-state index in [1.54, 1.807) is 6.20 Å². The second-order valence-electron chi connectivity index (χ2n) is 11.5. The molecule has 0 unspecified atom stereocenters. The third kappa shape index (κ3) is 5.81. The molecule has 2 saturated heterocycles. The van der Waals surface area contributed by atoms with E-state index in [9.17, 15) is 9.59 Å². The third-order valence-corrected chi connectivity index (χ3v) is 18.9. The molecule has 3 heterocycles. The number of alkyl halides is 1. The SMILES string of the molecule is CC(C)[Si]1(C(C)C)OC[C@H]2O[C@@H](n3ccc(=O)[nH]c3=O)[C@H](CCCCI)[C@@H]2O[Si](C(C)C)(C(C)C)O1. The molecule has 2 fully saturated rings. The van der Waals surface area contributed by atoms with Crippen LogP contribution in [-0.2, 0) is 17.7 Å². The molecule has 11 heteroatoms. The molecule has 0 aromatic carbocycles. The summed E-state index contributed by atoms with van der Waals surface area (Å²) >= 11 is 2.40. The van der Waals surface area contributed by atoms with Gasteiger partial charge >= 0.3 is 22.8 Å². The topological polar surface area (TPSA) is 91.8 Å². The molecule has 4 atom stereocenters. The third-order valence-electron chi connectivity index (χ3n) is 7.85. The number of aromatic nitrogens is 2. The summed E-state index contributed by atoms with van der Waals surface area (Å²) in [7, 11) is -5.47. The predicted octanol–water partition coefficient (Wildman–Crippen LogP) is 5.61. The minimum atomic E-state index is -2.80. The van der Waals surface area contributed by atoms with Gasteiger partial charge in [-0.2, -0.15) is 0 Å². The van der Waals surface area contributed by atoms with E-state index in [-0.39, 0.29) is 40.3 Å². The first-order valence-electron chi connectivity index (χ1n) is 13.4. The Morgan fingerprint density at radius 3 is 2.14 bits per heavy atom. The highest BCUT2D eigenvalue weighted by Gasteiger charge is 2.61. The highest BCUT2D eigenvalue weighted by molar-refractivity contribution is 14.1. The minimum Gasteiger partial charge on any atom is -0.414 e. The summed E-state index contributed by atoms with van der Waals surface area (Å²) < 4.78 is 30.7. The number of hydrogen-bond donors (Lipinski definition) is 1. The van der Waals surface area contributed by atoms with Crippen molar-refractivity contribution in [1.29, 1.82) is 0 Å². The molecule has 0 bridgehead atoms. The van der Waals surface area contributed by atoms with Crippen LogP contribution in [0.2, 0.25) is 22.2 Å². The summed E-state index contributed by atoms with van der Waals surface area (Å²) in [6, 6.07) is 1.38. The number of nitrogens with zero attached hydrogens (tertiary/aromatic N) is 1. The monoisotopic (exact) mass is 652 g/mol. The number of hydrogen-bond acceptors (Lipinski definition) is 6. The number of aromatic amines is 1. The number of halogens is 1. The van der Waals surface area contributed by atoms with E-state index >= 15 is 0 Å². The molecule has 36 heavy (non-hydrogen) atoms. The van der Waals surface area contributed by atoms with Crippen molar-refractivity contribution < 1.29 is 17.7 Å². The van der Waals surface area contributed by atoms with Gasteiger partial charge in [0.05, 0.1) is 12.7 Å². The molecule has 1 aromatic heterocycles. The molecule has 1 aromatic rings. The molecule has 0 amide bonds. The quantitative estimate of drug-likeness (QED) is 0.161. The Bertz CT molecular complexity index is 966. The standard InChI is InChI=1S/C25H45IN2O6Si2/c1-16(2)35(17(3)4)31-15-21-23(33-36(34-35,18(5)6)19(7)8)20(11-9-10-13-26)24(32-21)28-14-12-22(29)27-25(28)30/h12,14,16-21,23-24H,9-11,13,15H2,1-8H3,(H,27,29,30)/t20-,21-,23+,24-/m1/s1. The summed E-state index contributed by atoms with van der Waals surface area (Å²) in [5.74, 6) is -0.0506. The van der Waals surface area contributed by atoms with Gasteiger partial charge in [0.15, 0.2) is 0 Å². The van der Waals surface area contributed by atoms with Crippen LogP contribution in [0, 0.1) is 5.92 Å². The maximum Gasteiger partial charge on any atom is 0.335 e. The van der Waals surface area contributed by atoms with Gasteiger partial charge in [-0.3, -0.25) is 14.3 Å². The van der Waals surface area contributed by atoms with Gasteiger partial charge in [-0.15, -0.1) is 0 Å². The van der Waals surface area contributed by atoms with Crippen LogP contribution in [0.5, 0.6) is 0 Å². The Kier molecular flexibility index (Phi) is 10.3. The average Bonchev–Trinajstić information content (AvgIpc) is 3.09. The molecule has 1 N–H and O–H groups in total. The fourth-order valence-corrected chi connectivity index (χ4v) is 17.7. The summed E-state index contributed by atoms with van der Waals surface area (Å²) in [4.78, 5) is 27.0. The van der Waals surface area contributed by atoms with E-state index in [1.807, 2.05) is 0 Å². The lowest BCUT2D eigenvalue weighted by molar-refractivity contribution is -0.0574. The van der Waals surface area contributed by atoms with Crippen LogP contribution < -0.4 is 11.2 Å². The Hall–Kier alpha value is -0.316. The second kappa shape index (κ2) is 12.2. The van der Waals surface area contributed by atoms with Crippen molar-refractivity contribution in [3.63, 3.8) is 0 Å². The Labute approximate surface area is 231 Å². The number of ether oxygens (including phenoxy) is 1. The second-order valence-corrected chi connectivity index (χ2v) is 21.4. The maximum absolute atomic E-state index is 12.8. The van der Waals surface area contributed by atoms with Crippen molar-refractivity contribution in [3.8, 4) is 0 Å². The van der Waals surface area contributed by atoms with Gasteiger partial charge in [-0.05, 0) is 39.4 Å². The Morgan fingerprint density at radius 1 is 1.00 bits per heavy atom. The zero-order chi connectivity index (χ0) is 26.8. The van der Waals surface area contributed by atoms with Gasteiger partial charge in [-0.1, -0.05) is 84.4 Å². The molecule has 0 aliphatic carbocycles. The fraction of sp³-hybridized carbons (Fsp3) is 0.840. The van der Waals surface area contributed by atoms with Crippen LogP contribution in [0.25, 0.3) is 0 Å². The molecule has 0 radical (unpaired) electrons. The van der Waals surface area contributed by atoms with Gasteiger partial charge in [0.2, 0.25) is 0 Å². The minimum absolute atomic E-state index is 0.0506. The van der Waals surface area contributed by atoms with E-state index in [0.29, 0.717) is 6.61 Å². The van der Waals surface area contributed by atoms with Crippen molar-refractivity contribution in [1.82, 2.24) is 9.55 Å². The maximum atomic E-state index is 12.8. The van der Waals surface area contributed by atoms with Crippen molar-refractivity contribution >= 4 is 39.7 Å². The highest BCUT2D eigenvalue weighted by Crippen LogP contribution is 2.50. The average molecular weight is 653 g/mol. The Morgan fingerprint density at radius 2 is 1.61 bits per heavy atom. The molecule has 2 aliphatic rings. The van der Waals surface area contributed by atoms with Gasteiger partial charge < -0.3 is 17.7 Å². The van der Waals surface area contributed by atoms with Crippen molar-refractivity contribution in [2.75, 3.05) is 11.0 Å². The summed E-state index contributed by atoms with van der Waals surface area (Å²) in [5, 5.41) is 0. The van der Waals surface area contributed by atoms with Crippen LogP contribution in [0.1, 0.15) is 80.9 Å². The number of unbranched alkanes of at least 4 members (excludes halogenated alkanes) is 1. The van der Waals surface area contributed by atoms with E-state index < -0.39 is 34.6 Å². The predicted molar refractivity (Wildman–Crippen MR) is 155 cm³/mol. The van der Waals surface area contributed by atoms with Crippen LogP contribution in [0.4, 0.5) is 0 Å². The molecule has 0 spiro atoms. The van der Waals surface area contributed by atoms with Gasteiger partial charge in [0, 0.05) is 18.2 Å². The number of fused-ring (bicyclic) bond motifs is 1. The van der Waals surface area contributed by atoms with Gasteiger partial charge in [0.25, 0.3) is 5.56 Å². The molecule has 206 valence electrons. The van der Waals surface area contributed by atoms with Crippen LogP contribution in [0.3, 0.4) is 0 Å². The first kappa shape index (κ1) is 30.2. The zero-order valence-electron chi connectivity index (χ0n) is 23.1. The normalized spacial score (nSPS) is 28.0. The van der Waals surface area contributed by atoms with Gasteiger partial charge in [-0.25, -0.2) is 4.79 Å². The Balaban J connectivity index is 2.12. The summed E-state index contributed by atoms with van der Waals surface area (Å²) in [6.45, 7) is 18.1. The lowest BCUT2D eigenvalue weighted by atomic mass is 9.94. The van der Waals surface area contributed by atoms with E-state index in [1.165, 1.54) is 10.6 Å². The molecule has 3 rings (SSSR count). The van der Waals surface area contributed by atoms with Crippen molar-refractivity contribution in [2.24, 2.45) is 5.92 Å². The number of rotatable bonds is 9. The van der Waals surface area contributed by atoms with E-state index in [2.05, 4.69) is 83.0 Å². The smallest absolute Gasteiger partial charge is 0.335 e. The molecular weight excluding hydrogens is 607 g/mol. The number of nitrogens with one attached hydrogen (secondary N) is 1. The van der Waals surface area contributed by atoms with E-state index in [0.717, 1.165) is 23.7 Å². The van der Waals surface area contributed by atoms with Crippen LogP contribution in [-0.4, -0.2) is 49.9 Å². The van der Waals surface area contributed by atoms with Crippen molar-refractivity contribution in [3.05, 3.63) is 33.1 Å². The zero-order valence-corrected chi connectivity index (χ0v) is 27.2. The largest absolute Gasteiger partial charge is 0.414 e. The van der Waals surface area contributed by atoms with Crippen LogP contribution in [0.15, 0.2) is 21.9 Å². The lowest BCUT2D eigenvalue weighted by Crippen LogP contribution is -2.65. The molecule has 0 saturated carbocycles. The van der Waals surface area contributed by atoms with Crippen molar-refractivity contribution in [2.45, 2.75) is 115 Å². The van der Waals surface area contributed by atoms with Crippen LogP contribution >= 0.6 is 22.6 Å². The lowest BCUT2D eigenvalue weighted by Gasteiger charge is -2.51. The molecule has 2 aliphatic heterocycles. The first-order chi connectivity index (χ1) is 16.9. The van der Waals surface area contributed by atoms with E-state index in [4.69, 9.17) is 17.7 Å². The van der Waals surface area contributed by atoms with Gasteiger partial charge in [0.1, 0.15) is 12.3 Å². The highest BCUT2D eigenvalue weighted by atomic mass is 127.